The average molecular weight is 337 g/mol. The fourth-order valence-electron chi connectivity index (χ4n) is 2.50. The molecule has 8 nitrogen and oxygen atoms in total. The third-order valence-electron chi connectivity index (χ3n) is 3.73. The molecule has 3 heterocycles. The van der Waals surface area contributed by atoms with Crippen molar-refractivity contribution in [2.75, 3.05) is 12.3 Å². The highest BCUT2D eigenvalue weighted by Crippen LogP contribution is 2.44. The topological polar surface area (TPSA) is 119 Å². The van der Waals surface area contributed by atoms with Gasteiger partial charge in [0.1, 0.15) is 12.2 Å². The summed E-state index contributed by atoms with van der Waals surface area (Å²) in [6, 6.07) is 0. The summed E-state index contributed by atoms with van der Waals surface area (Å²) in [6.45, 7) is -1.31. The normalized spacial score (nSPS) is 31.3. The zero-order valence-electron chi connectivity index (χ0n) is 11.3. The molecule has 1 aliphatic heterocycles. The average Bonchev–Trinajstić information content (AvgIpc) is 3.01. The van der Waals surface area contributed by atoms with Crippen LogP contribution >= 0.6 is 0 Å². The highest BCUT2D eigenvalue weighted by Gasteiger charge is 2.61. The van der Waals surface area contributed by atoms with Crippen LogP contribution in [0, 0.1) is 6.08 Å². The third-order valence-corrected chi connectivity index (χ3v) is 3.73. The number of imidazole rings is 1. The molecule has 1 aliphatic rings. The van der Waals surface area contributed by atoms with Gasteiger partial charge in [-0.05, 0) is 0 Å². The lowest BCUT2D eigenvalue weighted by Gasteiger charge is -2.28. The van der Waals surface area contributed by atoms with Gasteiger partial charge in [-0.25, -0.2) is 22.7 Å². The van der Waals surface area contributed by atoms with Crippen molar-refractivity contribution in [1.82, 2.24) is 19.6 Å². The summed E-state index contributed by atoms with van der Waals surface area (Å²) in [7, 11) is 0. The highest BCUT2D eigenvalue weighted by molar-refractivity contribution is 5.59. The molecule has 4 atom stereocenters. The molecule has 0 aromatic carbocycles. The molecule has 0 unspecified atom stereocenters. The number of aliphatic hydroxyl groups excluding tert-OH is 2. The first-order chi connectivity index (χ1) is 10.8. The van der Waals surface area contributed by atoms with Gasteiger partial charge < -0.3 is 20.7 Å². The predicted octanol–water partition coefficient (Wildman–Crippen LogP) is -0.388. The minimum Gasteiger partial charge on any atom is -0.393 e. The third kappa shape index (κ3) is 2.13. The summed E-state index contributed by atoms with van der Waals surface area (Å²) < 4.78 is 59.5. The van der Waals surface area contributed by atoms with E-state index in [1.54, 1.807) is 0 Å². The Morgan fingerprint density at radius 1 is 1.48 bits per heavy atom. The molecular formula is C11H11F4N5O3. The van der Waals surface area contributed by atoms with Gasteiger partial charge in [0.2, 0.25) is 0 Å². The number of nitrogens with zero attached hydrogens (tertiary/aromatic N) is 4. The standard InChI is InChI=1S/C11H11F4N5O3/c12-4-5(23-11(2-21,6(4)22)9(13)14)3-1-17-8-7(16)18-10(15)19-20(3)8/h1,4-6,9,21-22H,2H2,(H2,16,18,19)/t4-,5-,6-,11+/m0/s1. The van der Waals surface area contributed by atoms with Crippen molar-refractivity contribution in [3.05, 3.63) is 18.0 Å². The zero-order chi connectivity index (χ0) is 16.9. The van der Waals surface area contributed by atoms with Gasteiger partial charge >= 0.3 is 6.08 Å². The number of fused-ring (bicyclic) bond motifs is 1. The summed E-state index contributed by atoms with van der Waals surface area (Å²) >= 11 is 0. The molecule has 3 rings (SSSR count). The predicted molar refractivity (Wildman–Crippen MR) is 65.7 cm³/mol. The van der Waals surface area contributed by atoms with Crippen molar-refractivity contribution in [3.63, 3.8) is 0 Å². The zero-order valence-corrected chi connectivity index (χ0v) is 11.3. The molecule has 0 bridgehead atoms. The van der Waals surface area contributed by atoms with Crippen LogP contribution in [0.15, 0.2) is 6.20 Å². The molecule has 12 heteroatoms. The first kappa shape index (κ1) is 15.8. The number of nitrogen functional groups attached to an aromatic ring is 1. The van der Waals surface area contributed by atoms with E-state index in [-0.39, 0.29) is 17.2 Å². The molecule has 0 aliphatic carbocycles. The van der Waals surface area contributed by atoms with Crippen LogP contribution in [0.4, 0.5) is 23.4 Å². The van der Waals surface area contributed by atoms with Crippen molar-refractivity contribution in [1.29, 1.82) is 0 Å². The van der Waals surface area contributed by atoms with E-state index in [9.17, 15) is 22.7 Å². The minimum atomic E-state index is -3.36. The van der Waals surface area contributed by atoms with Crippen LogP contribution in [0.5, 0.6) is 0 Å². The Hall–Kier alpha value is -2.05. The lowest BCUT2D eigenvalue weighted by atomic mass is 9.96. The molecule has 0 saturated carbocycles. The molecule has 0 radical (unpaired) electrons. The molecule has 4 N–H and O–H groups in total. The SMILES string of the molecule is Nc1nc(F)nn2c([C@@H]3O[C@@](CO)(C(F)F)[C@@H](O)[C@H]3F)cnc12. The Balaban J connectivity index is 2.09. The van der Waals surface area contributed by atoms with Crippen LogP contribution in [-0.2, 0) is 4.74 Å². The van der Waals surface area contributed by atoms with Crippen LogP contribution in [0.3, 0.4) is 0 Å². The number of anilines is 1. The molecule has 1 saturated heterocycles. The Kier molecular flexibility index (Phi) is 3.61. The molecular weight excluding hydrogens is 326 g/mol. The van der Waals surface area contributed by atoms with E-state index in [2.05, 4.69) is 15.1 Å². The molecule has 23 heavy (non-hydrogen) atoms. The molecule has 2 aromatic rings. The second kappa shape index (κ2) is 5.25. The van der Waals surface area contributed by atoms with Crippen LogP contribution in [0.25, 0.3) is 5.65 Å². The van der Waals surface area contributed by atoms with E-state index in [0.717, 1.165) is 10.7 Å². The van der Waals surface area contributed by atoms with E-state index in [4.69, 9.17) is 15.6 Å². The van der Waals surface area contributed by atoms with Crippen LogP contribution < -0.4 is 5.73 Å². The first-order valence-electron chi connectivity index (χ1n) is 6.37. The van der Waals surface area contributed by atoms with Crippen molar-refractivity contribution < 1.29 is 32.5 Å². The number of rotatable bonds is 3. The van der Waals surface area contributed by atoms with E-state index < -0.39 is 43.1 Å². The second-order valence-electron chi connectivity index (χ2n) is 5.03. The Morgan fingerprint density at radius 2 is 2.17 bits per heavy atom. The number of alkyl halides is 3. The molecule has 1 fully saturated rings. The largest absolute Gasteiger partial charge is 0.393 e. The summed E-state index contributed by atoms with van der Waals surface area (Å²) in [4.78, 5) is 6.97. The highest BCUT2D eigenvalue weighted by atomic mass is 19.3. The van der Waals surface area contributed by atoms with Crippen molar-refractivity contribution in [3.8, 4) is 0 Å². The lowest BCUT2D eigenvalue weighted by molar-refractivity contribution is -0.186. The maximum Gasteiger partial charge on any atom is 0.328 e. The molecule has 126 valence electrons. The van der Waals surface area contributed by atoms with Crippen molar-refractivity contribution in [2.24, 2.45) is 0 Å². The number of halogens is 4. The Morgan fingerprint density at radius 3 is 2.74 bits per heavy atom. The van der Waals surface area contributed by atoms with Gasteiger partial charge in [-0.15, -0.1) is 5.10 Å². The number of ether oxygens (including phenoxy) is 1. The molecule has 2 aromatic heterocycles. The maximum atomic E-state index is 14.3. The van der Waals surface area contributed by atoms with Gasteiger partial charge in [0.25, 0.3) is 6.43 Å². The van der Waals surface area contributed by atoms with Gasteiger partial charge in [0, 0.05) is 0 Å². The minimum absolute atomic E-state index is 0.134. The van der Waals surface area contributed by atoms with E-state index in [1.807, 2.05) is 0 Å². The van der Waals surface area contributed by atoms with E-state index >= 15 is 0 Å². The van der Waals surface area contributed by atoms with E-state index in [1.165, 1.54) is 0 Å². The number of nitrogens with two attached hydrogens (primary N) is 1. The molecule has 0 amide bonds. The van der Waals surface area contributed by atoms with Crippen molar-refractivity contribution >= 4 is 11.5 Å². The summed E-state index contributed by atoms with van der Waals surface area (Å²) in [5, 5.41) is 22.2. The maximum absolute atomic E-state index is 14.3. The van der Waals surface area contributed by atoms with Gasteiger partial charge in [0.05, 0.1) is 18.5 Å². The number of hydrogen-bond donors (Lipinski definition) is 3. The fraction of sp³-hybridized carbons (Fsp3) is 0.545. The quantitative estimate of drug-likeness (QED) is 0.653. The first-order valence-corrected chi connectivity index (χ1v) is 6.37. The Labute approximate surface area is 125 Å². The monoisotopic (exact) mass is 337 g/mol. The molecule has 0 spiro atoms. The number of aliphatic hydroxyl groups is 2. The van der Waals surface area contributed by atoms with Crippen LogP contribution in [0.1, 0.15) is 11.8 Å². The van der Waals surface area contributed by atoms with E-state index in [0.29, 0.717) is 0 Å². The van der Waals surface area contributed by atoms with Crippen LogP contribution in [-0.4, -0.2) is 60.7 Å². The lowest BCUT2D eigenvalue weighted by Crippen LogP contribution is -2.51. The Bertz CT molecular complexity index is 744. The van der Waals surface area contributed by atoms with Gasteiger partial charge in [-0.3, -0.25) is 0 Å². The summed E-state index contributed by atoms with van der Waals surface area (Å²) in [5.41, 5.74) is 2.25. The fourth-order valence-corrected chi connectivity index (χ4v) is 2.50. The van der Waals surface area contributed by atoms with Gasteiger partial charge in [0.15, 0.2) is 23.2 Å². The summed E-state index contributed by atoms with van der Waals surface area (Å²) in [5.74, 6) is -0.347. The smallest absolute Gasteiger partial charge is 0.328 e. The number of hydrogen-bond acceptors (Lipinski definition) is 7. The number of aromatic nitrogens is 4. The second-order valence-corrected chi connectivity index (χ2v) is 5.03. The van der Waals surface area contributed by atoms with Gasteiger partial charge in [-0.1, -0.05) is 0 Å². The van der Waals surface area contributed by atoms with Crippen molar-refractivity contribution in [2.45, 2.75) is 30.4 Å². The van der Waals surface area contributed by atoms with Gasteiger partial charge in [-0.2, -0.15) is 9.37 Å². The summed E-state index contributed by atoms with van der Waals surface area (Å²) in [6.07, 6.45) is -9.99. The van der Waals surface area contributed by atoms with Crippen LogP contribution in [0.2, 0.25) is 0 Å².